The maximum absolute atomic E-state index is 12.5. The van der Waals surface area contributed by atoms with E-state index in [1.807, 2.05) is 19.1 Å². The van der Waals surface area contributed by atoms with E-state index >= 15 is 0 Å². The number of amides is 1. The van der Waals surface area contributed by atoms with Crippen molar-refractivity contribution in [2.24, 2.45) is 0 Å². The highest BCUT2D eigenvalue weighted by Gasteiger charge is 2.13. The predicted molar refractivity (Wildman–Crippen MR) is 125 cm³/mol. The molecule has 0 fully saturated rings. The van der Waals surface area contributed by atoms with Crippen molar-refractivity contribution >= 4 is 52.4 Å². The molecule has 2 N–H and O–H groups in total. The van der Waals surface area contributed by atoms with Gasteiger partial charge in [-0.2, -0.15) is 5.10 Å². The predicted octanol–water partition coefficient (Wildman–Crippen LogP) is 5.11. The van der Waals surface area contributed by atoms with Crippen LogP contribution in [0.2, 0.25) is 5.02 Å². The maximum Gasteiger partial charge on any atom is 0.240 e. The summed E-state index contributed by atoms with van der Waals surface area (Å²) in [6.45, 7) is 2.65. The molecule has 0 aliphatic rings. The van der Waals surface area contributed by atoms with Gasteiger partial charge in [-0.15, -0.1) is 22.7 Å². The molecule has 3 aromatic heterocycles. The smallest absolute Gasteiger partial charge is 0.240 e. The highest BCUT2D eigenvalue weighted by atomic mass is 35.5. The van der Waals surface area contributed by atoms with Crippen molar-refractivity contribution in [1.82, 2.24) is 25.1 Å². The Morgan fingerprint density at radius 1 is 1.27 bits per heavy atom. The third kappa shape index (κ3) is 4.86. The van der Waals surface area contributed by atoms with Crippen molar-refractivity contribution in [2.45, 2.75) is 19.9 Å². The van der Waals surface area contributed by atoms with Crippen molar-refractivity contribution < 1.29 is 4.79 Å². The van der Waals surface area contributed by atoms with Crippen molar-refractivity contribution in [3.05, 3.63) is 61.5 Å². The summed E-state index contributed by atoms with van der Waals surface area (Å²) in [5.41, 5.74) is 1.85. The minimum absolute atomic E-state index is 0.0983. The number of hydrogen-bond donors (Lipinski definition) is 2. The van der Waals surface area contributed by atoms with Crippen LogP contribution >= 0.6 is 46.5 Å². The van der Waals surface area contributed by atoms with Crippen LogP contribution in [0.1, 0.15) is 9.88 Å². The van der Waals surface area contributed by atoms with Crippen LogP contribution in [0, 0.1) is 11.7 Å². The number of hydrogen-bond acceptors (Lipinski definition) is 6. The third-order valence-electron chi connectivity index (χ3n) is 4.39. The van der Waals surface area contributed by atoms with Crippen molar-refractivity contribution in [2.75, 3.05) is 6.54 Å². The first-order valence-corrected chi connectivity index (χ1v) is 11.7. The molecule has 10 heteroatoms. The van der Waals surface area contributed by atoms with E-state index in [1.54, 1.807) is 39.4 Å². The van der Waals surface area contributed by atoms with Crippen LogP contribution in [0.25, 0.3) is 22.0 Å². The Kier molecular flexibility index (Phi) is 6.43. The summed E-state index contributed by atoms with van der Waals surface area (Å²) in [6.07, 6.45) is 0.764. The highest BCUT2D eigenvalue weighted by Crippen LogP contribution is 2.29. The summed E-state index contributed by atoms with van der Waals surface area (Å²) in [6, 6.07) is 11.4. The monoisotopic (exact) mass is 475 g/mol. The number of halogens is 1. The van der Waals surface area contributed by atoms with Gasteiger partial charge in [0.25, 0.3) is 0 Å². The molecular formula is C20H18ClN5OS3. The molecule has 154 valence electrons. The average molecular weight is 476 g/mol. The number of H-pyrrole nitrogens is 1. The topological polar surface area (TPSA) is 75.6 Å². The summed E-state index contributed by atoms with van der Waals surface area (Å²) in [4.78, 5) is 19.4. The molecular weight excluding hydrogens is 458 g/mol. The minimum Gasteiger partial charge on any atom is -0.354 e. The van der Waals surface area contributed by atoms with Crippen LogP contribution < -0.4 is 5.32 Å². The average Bonchev–Trinajstić information content (AvgIpc) is 3.44. The number of nitrogens with one attached hydrogen (secondary N) is 2. The zero-order valence-electron chi connectivity index (χ0n) is 16.0. The lowest BCUT2D eigenvalue weighted by Gasteiger charge is -2.08. The Morgan fingerprint density at radius 2 is 2.07 bits per heavy atom. The zero-order valence-corrected chi connectivity index (χ0v) is 19.2. The molecule has 0 saturated carbocycles. The standard InChI is InChI=1S/C20H18ClN5OS3/c1-12-23-16(11-29-12)17-7-6-15(30-17)8-9-22-18(27)10-26-19(24-25-20(26)28)13-2-4-14(21)5-3-13/h2-7,11H,8-10H2,1H3,(H,22,27)(H,25,28). The fourth-order valence-electron chi connectivity index (χ4n) is 2.93. The number of benzene rings is 1. The van der Waals surface area contributed by atoms with Gasteiger partial charge in [-0.05, 0) is 62.0 Å². The van der Waals surface area contributed by atoms with Crippen LogP contribution in [0.4, 0.5) is 0 Å². The molecule has 30 heavy (non-hydrogen) atoms. The van der Waals surface area contributed by atoms with Crippen LogP contribution in [0.15, 0.2) is 41.8 Å². The Bertz CT molecular complexity index is 1220. The van der Waals surface area contributed by atoms with E-state index in [0.717, 1.165) is 27.6 Å². The molecule has 0 unspecified atom stereocenters. The summed E-state index contributed by atoms with van der Waals surface area (Å²) in [5.74, 6) is 0.489. The summed E-state index contributed by atoms with van der Waals surface area (Å²) < 4.78 is 2.08. The summed E-state index contributed by atoms with van der Waals surface area (Å²) in [7, 11) is 0. The first kappa shape index (κ1) is 20.9. The molecule has 0 spiro atoms. The Morgan fingerprint density at radius 3 is 2.80 bits per heavy atom. The fourth-order valence-corrected chi connectivity index (χ4v) is 4.91. The first-order valence-electron chi connectivity index (χ1n) is 9.18. The fraction of sp³-hybridized carbons (Fsp3) is 0.200. The van der Waals surface area contributed by atoms with Crippen molar-refractivity contribution in [3.63, 3.8) is 0 Å². The van der Waals surface area contributed by atoms with Gasteiger partial charge in [-0.1, -0.05) is 11.6 Å². The van der Waals surface area contributed by atoms with Crippen molar-refractivity contribution in [1.29, 1.82) is 0 Å². The Labute approximate surface area is 191 Å². The van der Waals surface area contributed by atoms with Gasteiger partial charge in [-0.3, -0.25) is 14.5 Å². The van der Waals surface area contributed by atoms with E-state index in [0.29, 0.717) is 22.2 Å². The minimum atomic E-state index is -0.116. The molecule has 0 aliphatic carbocycles. The van der Waals surface area contributed by atoms with E-state index in [1.165, 1.54) is 4.88 Å². The van der Waals surface area contributed by atoms with Crippen LogP contribution in [-0.2, 0) is 17.8 Å². The number of nitrogens with zero attached hydrogens (tertiary/aromatic N) is 3. The van der Waals surface area contributed by atoms with Crippen LogP contribution in [0.3, 0.4) is 0 Å². The lowest BCUT2D eigenvalue weighted by molar-refractivity contribution is -0.121. The first-order chi connectivity index (χ1) is 14.5. The molecule has 6 nitrogen and oxygen atoms in total. The third-order valence-corrected chi connectivity index (χ3v) is 6.89. The van der Waals surface area contributed by atoms with E-state index < -0.39 is 0 Å². The van der Waals surface area contributed by atoms with E-state index in [9.17, 15) is 4.79 Å². The Balaban J connectivity index is 1.35. The summed E-state index contributed by atoms with van der Waals surface area (Å²) >= 11 is 14.6. The number of aryl methyl sites for hydroxylation is 1. The van der Waals surface area contributed by atoms with Gasteiger partial charge in [0.15, 0.2) is 10.6 Å². The van der Waals surface area contributed by atoms with Gasteiger partial charge >= 0.3 is 0 Å². The lowest BCUT2D eigenvalue weighted by atomic mass is 10.2. The van der Waals surface area contributed by atoms with E-state index in [4.69, 9.17) is 23.8 Å². The molecule has 1 amide bonds. The van der Waals surface area contributed by atoms with E-state index in [2.05, 4.69) is 38.0 Å². The van der Waals surface area contributed by atoms with Gasteiger partial charge in [-0.25, -0.2) is 4.98 Å². The molecule has 0 saturated heterocycles. The number of thiazole rings is 1. The van der Waals surface area contributed by atoms with E-state index in [-0.39, 0.29) is 12.5 Å². The second-order valence-electron chi connectivity index (χ2n) is 6.56. The number of thiophene rings is 1. The number of aromatic nitrogens is 4. The second-order valence-corrected chi connectivity index (χ2v) is 9.62. The van der Waals surface area contributed by atoms with Gasteiger partial charge in [0.2, 0.25) is 5.91 Å². The maximum atomic E-state index is 12.5. The van der Waals surface area contributed by atoms with Gasteiger partial charge in [0.1, 0.15) is 6.54 Å². The van der Waals surface area contributed by atoms with Gasteiger partial charge < -0.3 is 5.32 Å². The molecule has 0 atom stereocenters. The number of carbonyl (C=O) groups excluding carboxylic acids is 1. The highest BCUT2D eigenvalue weighted by molar-refractivity contribution is 7.71. The molecule has 1 aromatic carbocycles. The van der Waals surface area contributed by atoms with Gasteiger partial charge in [0.05, 0.1) is 15.6 Å². The SMILES string of the molecule is Cc1nc(-c2ccc(CCNC(=O)Cn3c(-c4ccc(Cl)cc4)n[nH]c3=S)s2)cs1. The summed E-state index contributed by atoms with van der Waals surface area (Å²) in [5, 5.41) is 13.7. The van der Waals surface area contributed by atoms with Crippen LogP contribution in [-0.4, -0.2) is 32.2 Å². The number of aromatic amines is 1. The van der Waals surface area contributed by atoms with Crippen molar-refractivity contribution in [3.8, 4) is 22.0 Å². The molecule has 0 bridgehead atoms. The molecule has 4 aromatic rings. The normalized spacial score (nSPS) is 11.0. The molecule has 0 aliphatic heterocycles. The second kappa shape index (κ2) is 9.22. The largest absolute Gasteiger partial charge is 0.354 e. The lowest BCUT2D eigenvalue weighted by Crippen LogP contribution is -2.29. The molecule has 3 heterocycles. The quantitative estimate of drug-likeness (QED) is 0.364. The Hall–Kier alpha value is -2.33. The number of rotatable bonds is 7. The van der Waals surface area contributed by atoms with Gasteiger partial charge in [0, 0.05) is 27.4 Å². The molecule has 0 radical (unpaired) electrons. The van der Waals surface area contributed by atoms with Crippen LogP contribution in [0.5, 0.6) is 0 Å². The number of carbonyl (C=O) groups is 1. The molecule has 4 rings (SSSR count). The zero-order chi connectivity index (χ0) is 21.1.